The molecule has 0 radical (unpaired) electrons. The number of nitro groups is 2. The van der Waals surface area contributed by atoms with Crippen LogP contribution in [-0.2, 0) is 23.9 Å². The Morgan fingerprint density at radius 1 is 0.816 bits per heavy atom. The molecule has 11 heteroatoms. The third kappa shape index (κ3) is 3.75. The summed E-state index contributed by atoms with van der Waals surface area (Å²) in [6.45, 7) is 3.57. The van der Waals surface area contributed by atoms with Crippen LogP contribution in [0.15, 0.2) is 48.5 Å². The molecule has 0 saturated heterocycles. The van der Waals surface area contributed by atoms with E-state index < -0.39 is 56.2 Å². The Balaban J connectivity index is 2.10. The van der Waals surface area contributed by atoms with Gasteiger partial charge in [-0.2, -0.15) is 0 Å². The molecule has 0 heterocycles. The van der Waals surface area contributed by atoms with E-state index in [0.717, 1.165) is 14.2 Å². The molecule has 0 spiro atoms. The molecule has 4 unspecified atom stereocenters. The maximum atomic E-state index is 14.7. The summed E-state index contributed by atoms with van der Waals surface area (Å²) in [6.07, 6.45) is 0.132. The van der Waals surface area contributed by atoms with Crippen molar-refractivity contribution in [2.75, 3.05) is 14.2 Å². The van der Waals surface area contributed by atoms with E-state index in [0.29, 0.717) is 11.1 Å². The molecule has 4 rings (SSSR count). The molecule has 200 valence electrons. The second kappa shape index (κ2) is 9.62. The summed E-state index contributed by atoms with van der Waals surface area (Å²) in [6, 6.07) is 11.5. The first-order chi connectivity index (χ1) is 17.9. The van der Waals surface area contributed by atoms with Crippen LogP contribution in [0.2, 0.25) is 0 Å². The second-order valence-corrected chi connectivity index (χ2v) is 10.3. The molecule has 0 aromatic heterocycles. The number of non-ortho nitro benzene ring substituents is 2. The Kier molecular flexibility index (Phi) is 6.81. The van der Waals surface area contributed by atoms with Crippen molar-refractivity contribution in [3.8, 4) is 0 Å². The Morgan fingerprint density at radius 2 is 1.21 bits per heavy atom. The van der Waals surface area contributed by atoms with Crippen LogP contribution in [0.3, 0.4) is 0 Å². The number of esters is 2. The summed E-state index contributed by atoms with van der Waals surface area (Å²) < 4.78 is 10.4. The van der Waals surface area contributed by atoms with Gasteiger partial charge in [-0.15, -0.1) is 0 Å². The van der Waals surface area contributed by atoms with E-state index in [-0.39, 0.29) is 30.1 Å². The molecule has 11 nitrogen and oxygen atoms in total. The van der Waals surface area contributed by atoms with E-state index in [1.165, 1.54) is 36.4 Å². The first-order valence-corrected chi connectivity index (χ1v) is 12.2. The quantitative estimate of drug-likeness (QED) is 0.232. The van der Waals surface area contributed by atoms with Crippen molar-refractivity contribution in [2.24, 2.45) is 22.7 Å². The number of fused-ring (bicyclic) bond motifs is 2. The number of benzene rings is 2. The number of hydrogen-bond acceptors (Lipinski definition) is 9. The average Bonchev–Trinajstić information content (AvgIpc) is 2.89. The highest BCUT2D eigenvalue weighted by molar-refractivity contribution is 6.17. The van der Waals surface area contributed by atoms with Gasteiger partial charge in [-0.05, 0) is 35.8 Å². The van der Waals surface area contributed by atoms with Crippen LogP contribution >= 0.6 is 0 Å². The molecule has 2 fully saturated rings. The summed E-state index contributed by atoms with van der Waals surface area (Å²) in [5.41, 5.74) is -3.36. The van der Waals surface area contributed by atoms with Crippen molar-refractivity contribution in [3.05, 3.63) is 79.9 Å². The lowest BCUT2D eigenvalue weighted by atomic mass is 9.40. The number of carbonyl (C=O) groups is 3. The van der Waals surface area contributed by atoms with Crippen LogP contribution < -0.4 is 0 Å². The van der Waals surface area contributed by atoms with Crippen molar-refractivity contribution < 1.29 is 33.7 Å². The predicted octanol–water partition coefficient (Wildman–Crippen LogP) is 4.34. The van der Waals surface area contributed by atoms with Gasteiger partial charge in [-0.1, -0.05) is 38.1 Å². The lowest BCUT2D eigenvalue weighted by Gasteiger charge is -2.59. The van der Waals surface area contributed by atoms with E-state index in [2.05, 4.69) is 0 Å². The molecule has 2 saturated carbocycles. The lowest BCUT2D eigenvalue weighted by Crippen LogP contribution is -2.67. The number of hydrogen-bond donors (Lipinski definition) is 0. The predicted molar refractivity (Wildman–Crippen MR) is 133 cm³/mol. The zero-order valence-electron chi connectivity index (χ0n) is 21.4. The normalized spacial score (nSPS) is 30.3. The Labute approximate surface area is 218 Å². The SMILES string of the molecule is COC(=O)C12CC(C)CC(C(=O)OC)(C1=O)C(c1cccc([N+](=O)[O-])c1)C(C)C2c1cccc([N+](=O)[O-])c1. The van der Waals surface area contributed by atoms with Gasteiger partial charge in [-0.3, -0.25) is 34.6 Å². The van der Waals surface area contributed by atoms with Crippen LogP contribution in [-0.4, -0.2) is 41.8 Å². The van der Waals surface area contributed by atoms with Gasteiger partial charge in [0.1, 0.15) is 10.8 Å². The Hall–Kier alpha value is -4.15. The van der Waals surface area contributed by atoms with Gasteiger partial charge in [0.15, 0.2) is 5.78 Å². The molecule has 2 bridgehead atoms. The van der Waals surface area contributed by atoms with Crippen LogP contribution in [0.4, 0.5) is 11.4 Å². The van der Waals surface area contributed by atoms with Crippen molar-refractivity contribution >= 4 is 29.1 Å². The van der Waals surface area contributed by atoms with E-state index in [1.807, 2.05) is 6.92 Å². The minimum Gasteiger partial charge on any atom is -0.468 e. The zero-order chi connectivity index (χ0) is 28.0. The summed E-state index contributed by atoms with van der Waals surface area (Å²) in [7, 11) is 2.32. The molecule has 2 aromatic carbocycles. The maximum Gasteiger partial charge on any atom is 0.320 e. The van der Waals surface area contributed by atoms with Crippen LogP contribution in [0, 0.1) is 42.9 Å². The molecule has 0 amide bonds. The number of nitrogens with zero attached hydrogens (tertiary/aromatic N) is 2. The Bertz CT molecular complexity index is 1240. The van der Waals surface area contributed by atoms with E-state index in [1.54, 1.807) is 19.1 Å². The number of carbonyl (C=O) groups excluding carboxylic acids is 3. The first kappa shape index (κ1) is 26.9. The molecule has 4 atom stereocenters. The van der Waals surface area contributed by atoms with Crippen LogP contribution in [0.1, 0.15) is 49.7 Å². The molecule has 0 N–H and O–H groups in total. The van der Waals surface area contributed by atoms with Gasteiger partial charge in [0, 0.05) is 36.1 Å². The fourth-order valence-corrected chi connectivity index (χ4v) is 7.19. The van der Waals surface area contributed by atoms with Gasteiger partial charge < -0.3 is 9.47 Å². The number of methoxy groups -OCH3 is 2. The smallest absolute Gasteiger partial charge is 0.320 e. The highest BCUT2D eigenvalue weighted by atomic mass is 16.6. The van der Waals surface area contributed by atoms with Gasteiger partial charge in [0.25, 0.3) is 11.4 Å². The van der Waals surface area contributed by atoms with Crippen LogP contribution in [0.5, 0.6) is 0 Å². The number of nitro benzene ring substituents is 2. The fraction of sp³-hybridized carbons (Fsp3) is 0.444. The minimum absolute atomic E-state index is 0.0661. The highest BCUT2D eigenvalue weighted by Crippen LogP contribution is 2.67. The fourth-order valence-electron chi connectivity index (χ4n) is 7.19. The summed E-state index contributed by atoms with van der Waals surface area (Å²) in [4.78, 5) is 64.0. The summed E-state index contributed by atoms with van der Waals surface area (Å²) in [5, 5.41) is 23.2. The molecule has 2 aliphatic rings. The first-order valence-electron chi connectivity index (χ1n) is 12.2. The minimum atomic E-state index is -1.83. The van der Waals surface area contributed by atoms with E-state index >= 15 is 0 Å². The molecule has 38 heavy (non-hydrogen) atoms. The molecule has 0 aliphatic heterocycles. The monoisotopic (exact) mass is 524 g/mol. The third-order valence-corrected chi connectivity index (χ3v) is 8.24. The second-order valence-electron chi connectivity index (χ2n) is 10.3. The standard InChI is InChI=1S/C27H28N2O9/c1-15-13-26(24(31)37-3)21(17-7-5-9-19(11-17)28(33)34)16(2)22(18-8-6-10-20(12-18)29(35)36)27(14-15,23(26)30)25(32)38-4/h5-12,15-16,21-22H,13-14H2,1-4H3. The van der Waals surface area contributed by atoms with E-state index in [9.17, 15) is 34.6 Å². The molecule has 2 aliphatic carbocycles. The van der Waals surface area contributed by atoms with Crippen molar-refractivity contribution in [1.82, 2.24) is 0 Å². The molecule has 2 aromatic rings. The van der Waals surface area contributed by atoms with Crippen molar-refractivity contribution in [2.45, 2.75) is 38.5 Å². The number of rotatable bonds is 6. The van der Waals surface area contributed by atoms with Gasteiger partial charge >= 0.3 is 11.9 Å². The summed E-state index contributed by atoms with van der Waals surface area (Å²) in [5.74, 6) is -5.19. The summed E-state index contributed by atoms with van der Waals surface area (Å²) >= 11 is 0. The number of ether oxygens (including phenoxy) is 2. The molecular weight excluding hydrogens is 496 g/mol. The van der Waals surface area contributed by atoms with Crippen molar-refractivity contribution in [1.29, 1.82) is 0 Å². The number of Topliss-reactive ketones (excluding diaryl/α,β-unsaturated/α-hetero) is 1. The maximum absolute atomic E-state index is 14.7. The van der Waals surface area contributed by atoms with Gasteiger partial charge in [0.05, 0.1) is 24.1 Å². The third-order valence-electron chi connectivity index (χ3n) is 8.24. The highest BCUT2D eigenvalue weighted by Gasteiger charge is 2.74. The van der Waals surface area contributed by atoms with E-state index in [4.69, 9.17) is 9.47 Å². The van der Waals surface area contributed by atoms with Gasteiger partial charge in [0.2, 0.25) is 0 Å². The largest absolute Gasteiger partial charge is 0.468 e. The Morgan fingerprint density at radius 3 is 1.55 bits per heavy atom. The number of ketones is 1. The van der Waals surface area contributed by atoms with Gasteiger partial charge in [-0.25, -0.2) is 0 Å². The topological polar surface area (TPSA) is 156 Å². The zero-order valence-corrected chi connectivity index (χ0v) is 21.4. The molecular formula is C27H28N2O9. The van der Waals surface area contributed by atoms with Crippen LogP contribution in [0.25, 0.3) is 0 Å². The average molecular weight is 525 g/mol. The van der Waals surface area contributed by atoms with Crippen molar-refractivity contribution in [3.63, 3.8) is 0 Å². The lowest BCUT2D eigenvalue weighted by molar-refractivity contribution is -0.385.